The molecule has 20 heavy (non-hydrogen) atoms. The minimum Gasteiger partial charge on any atom is -0.339 e. The maximum Gasteiger partial charge on any atom is 0.227 e. The van der Waals surface area contributed by atoms with Crippen LogP contribution in [0.1, 0.15) is 42.7 Å². The van der Waals surface area contributed by atoms with Crippen LogP contribution in [0.25, 0.3) is 0 Å². The van der Waals surface area contributed by atoms with Crippen molar-refractivity contribution in [2.24, 2.45) is 0 Å². The van der Waals surface area contributed by atoms with E-state index >= 15 is 0 Å². The van der Waals surface area contributed by atoms with Crippen LogP contribution in [-0.4, -0.2) is 26.2 Å². The van der Waals surface area contributed by atoms with Gasteiger partial charge in [-0.1, -0.05) is 12.1 Å². The maximum atomic E-state index is 11.8. The zero-order valence-electron chi connectivity index (χ0n) is 12.0. The predicted molar refractivity (Wildman–Crippen MR) is 73.3 cm³/mol. The number of rotatable bonds is 6. The molecule has 2 heterocycles. The highest BCUT2D eigenvalue weighted by atomic mass is 16.5. The molecular weight excluding hydrogens is 258 g/mol. The van der Waals surface area contributed by atoms with Crippen LogP contribution < -0.4 is 5.32 Å². The number of aryl methyl sites for hydroxylation is 3. The van der Waals surface area contributed by atoms with Gasteiger partial charge in [-0.15, -0.1) is 0 Å². The van der Waals surface area contributed by atoms with E-state index < -0.39 is 0 Å². The monoisotopic (exact) mass is 277 g/mol. The number of nitrogens with one attached hydrogen (secondary N) is 2. The number of carbonyl (C=O) groups excluding carboxylic acids is 1. The summed E-state index contributed by atoms with van der Waals surface area (Å²) >= 11 is 0. The lowest BCUT2D eigenvalue weighted by Crippen LogP contribution is -2.13. The highest BCUT2D eigenvalue weighted by Gasteiger charge is 2.12. The topological polar surface area (TPSA) is 96.7 Å². The fourth-order valence-electron chi connectivity index (χ4n) is 1.74. The van der Waals surface area contributed by atoms with Crippen molar-refractivity contribution < 1.29 is 9.32 Å². The molecular formula is C13H19N5O2. The first-order chi connectivity index (χ1) is 9.60. The van der Waals surface area contributed by atoms with Crippen molar-refractivity contribution in [1.29, 1.82) is 0 Å². The molecule has 0 aliphatic rings. The molecule has 2 aromatic heterocycles. The van der Waals surface area contributed by atoms with E-state index in [4.69, 9.17) is 4.52 Å². The third-order valence-electron chi connectivity index (χ3n) is 3.06. The van der Waals surface area contributed by atoms with Crippen LogP contribution in [0, 0.1) is 13.8 Å². The lowest BCUT2D eigenvalue weighted by atomic mass is 10.2. The molecule has 2 N–H and O–H groups in total. The van der Waals surface area contributed by atoms with Gasteiger partial charge in [-0.05, 0) is 20.3 Å². The Labute approximate surface area is 117 Å². The summed E-state index contributed by atoms with van der Waals surface area (Å²) in [5.41, 5.74) is 1.89. The number of amides is 1. The zero-order chi connectivity index (χ0) is 14.5. The average molecular weight is 277 g/mol. The molecule has 108 valence electrons. The molecule has 0 aliphatic carbocycles. The fraction of sp³-hybridized carbons (Fsp3) is 0.538. The van der Waals surface area contributed by atoms with E-state index in [2.05, 4.69) is 32.6 Å². The lowest BCUT2D eigenvalue weighted by molar-refractivity contribution is -0.116. The van der Waals surface area contributed by atoms with Crippen LogP contribution in [0.5, 0.6) is 0 Å². The van der Waals surface area contributed by atoms with E-state index in [9.17, 15) is 4.79 Å². The number of hydrogen-bond acceptors (Lipinski definition) is 5. The second-order valence-electron chi connectivity index (χ2n) is 4.72. The molecule has 0 unspecified atom stereocenters. The minimum absolute atomic E-state index is 0.116. The van der Waals surface area contributed by atoms with Gasteiger partial charge in [-0.2, -0.15) is 10.1 Å². The standard InChI is InChI=1S/C13H19N5O2/c1-4-5-10-14-12(20-18-10)7-6-11(19)15-13-8(2)9(3)16-17-13/h4-7H2,1-3H3,(H2,15,16,17,19). The Kier molecular flexibility index (Phi) is 4.49. The van der Waals surface area contributed by atoms with Crippen LogP contribution in [0.15, 0.2) is 4.52 Å². The van der Waals surface area contributed by atoms with Crippen molar-refractivity contribution in [3.63, 3.8) is 0 Å². The van der Waals surface area contributed by atoms with Gasteiger partial charge in [0.1, 0.15) is 0 Å². The fourth-order valence-corrected chi connectivity index (χ4v) is 1.74. The Morgan fingerprint density at radius 3 is 2.80 bits per heavy atom. The second-order valence-corrected chi connectivity index (χ2v) is 4.72. The summed E-state index contributed by atoms with van der Waals surface area (Å²) in [5.74, 6) is 1.65. The molecule has 0 aliphatic heterocycles. The SMILES string of the molecule is CCCc1noc(CCC(=O)Nc2n[nH]c(C)c2C)n1. The molecule has 0 fully saturated rings. The van der Waals surface area contributed by atoms with E-state index in [0.717, 1.165) is 24.1 Å². The molecule has 1 amide bonds. The zero-order valence-corrected chi connectivity index (χ0v) is 12.0. The Balaban J connectivity index is 1.84. The highest BCUT2D eigenvalue weighted by Crippen LogP contribution is 2.14. The quantitative estimate of drug-likeness (QED) is 0.841. The van der Waals surface area contributed by atoms with Crippen molar-refractivity contribution in [2.45, 2.75) is 46.5 Å². The Morgan fingerprint density at radius 2 is 2.15 bits per heavy atom. The summed E-state index contributed by atoms with van der Waals surface area (Å²) in [6.45, 7) is 5.87. The molecule has 0 saturated heterocycles. The molecule has 7 nitrogen and oxygen atoms in total. The maximum absolute atomic E-state index is 11.8. The third-order valence-corrected chi connectivity index (χ3v) is 3.06. The minimum atomic E-state index is -0.116. The van der Waals surface area contributed by atoms with Crippen LogP contribution in [-0.2, 0) is 17.6 Å². The summed E-state index contributed by atoms with van der Waals surface area (Å²) < 4.78 is 5.08. The van der Waals surface area contributed by atoms with Gasteiger partial charge >= 0.3 is 0 Å². The second kappa shape index (κ2) is 6.31. The lowest BCUT2D eigenvalue weighted by Gasteiger charge is -2.01. The van der Waals surface area contributed by atoms with E-state index in [-0.39, 0.29) is 5.91 Å². The highest BCUT2D eigenvalue weighted by molar-refractivity contribution is 5.90. The largest absolute Gasteiger partial charge is 0.339 e. The van der Waals surface area contributed by atoms with Gasteiger partial charge < -0.3 is 9.84 Å². The third kappa shape index (κ3) is 3.43. The molecule has 2 aromatic rings. The van der Waals surface area contributed by atoms with Crippen molar-refractivity contribution in [2.75, 3.05) is 5.32 Å². The summed E-state index contributed by atoms with van der Waals surface area (Å²) in [6, 6.07) is 0. The summed E-state index contributed by atoms with van der Waals surface area (Å²) in [5, 5.41) is 13.5. The first-order valence-electron chi connectivity index (χ1n) is 6.73. The average Bonchev–Trinajstić information content (AvgIpc) is 2.99. The number of aromatic amines is 1. The van der Waals surface area contributed by atoms with Crippen LogP contribution in [0.2, 0.25) is 0 Å². The van der Waals surface area contributed by atoms with E-state index in [1.54, 1.807) is 0 Å². The number of aromatic nitrogens is 4. The van der Waals surface area contributed by atoms with Gasteiger partial charge in [0.25, 0.3) is 0 Å². The molecule has 0 saturated carbocycles. The molecule has 0 atom stereocenters. The first-order valence-corrected chi connectivity index (χ1v) is 6.73. The van der Waals surface area contributed by atoms with Crippen LogP contribution in [0.4, 0.5) is 5.82 Å². The Morgan fingerprint density at radius 1 is 1.35 bits per heavy atom. The van der Waals surface area contributed by atoms with Crippen molar-refractivity contribution in [3.8, 4) is 0 Å². The van der Waals surface area contributed by atoms with Gasteiger partial charge in [0.05, 0.1) is 0 Å². The van der Waals surface area contributed by atoms with Crippen LogP contribution >= 0.6 is 0 Å². The summed E-state index contributed by atoms with van der Waals surface area (Å²) in [6.07, 6.45) is 2.49. The Bertz CT molecular complexity index is 587. The Hall–Kier alpha value is -2.18. The molecule has 2 rings (SSSR count). The van der Waals surface area contributed by atoms with Gasteiger partial charge in [-0.25, -0.2) is 0 Å². The van der Waals surface area contributed by atoms with Crippen molar-refractivity contribution in [3.05, 3.63) is 23.0 Å². The molecule has 0 spiro atoms. The normalized spacial score (nSPS) is 10.8. The van der Waals surface area contributed by atoms with E-state index in [1.165, 1.54) is 0 Å². The van der Waals surface area contributed by atoms with Gasteiger partial charge in [0.15, 0.2) is 11.6 Å². The van der Waals surface area contributed by atoms with E-state index in [0.29, 0.717) is 30.4 Å². The smallest absolute Gasteiger partial charge is 0.227 e. The summed E-state index contributed by atoms with van der Waals surface area (Å²) in [7, 11) is 0. The van der Waals surface area contributed by atoms with Gasteiger partial charge in [-0.3, -0.25) is 9.89 Å². The number of hydrogen-bond donors (Lipinski definition) is 2. The first kappa shape index (κ1) is 14.2. The molecule has 0 aromatic carbocycles. The number of nitrogens with zero attached hydrogens (tertiary/aromatic N) is 3. The molecule has 0 radical (unpaired) electrons. The van der Waals surface area contributed by atoms with Crippen LogP contribution in [0.3, 0.4) is 0 Å². The summed E-state index contributed by atoms with van der Waals surface area (Å²) in [4.78, 5) is 16.0. The van der Waals surface area contributed by atoms with E-state index in [1.807, 2.05) is 13.8 Å². The number of anilines is 1. The predicted octanol–water partition coefficient (Wildman–Crippen LogP) is 1.93. The number of H-pyrrole nitrogens is 1. The molecule has 0 bridgehead atoms. The molecule has 7 heteroatoms. The van der Waals surface area contributed by atoms with Crippen molar-refractivity contribution in [1.82, 2.24) is 20.3 Å². The number of carbonyl (C=O) groups is 1. The van der Waals surface area contributed by atoms with Gasteiger partial charge in [0.2, 0.25) is 11.8 Å². The van der Waals surface area contributed by atoms with Crippen molar-refractivity contribution >= 4 is 11.7 Å². The van der Waals surface area contributed by atoms with Gasteiger partial charge in [0, 0.05) is 30.5 Å².